The van der Waals surface area contributed by atoms with E-state index in [1.54, 1.807) is 12.4 Å². The number of benzene rings is 2. The number of pyridine rings is 1. The summed E-state index contributed by atoms with van der Waals surface area (Å²) >= 11 is 0. The van der Waals surface area contributed by atoms with Crippen molar-refractivity contribution in [2.75, 3.05) is 32.8 Å². The highest BCUT2D eigenvalue weighted by Gasteiger charge is 2.39. The van der Waals surface area contributed by atoms with Gasteiger partial charge in [-0.05, 0) is 46.9 Å². The normalized spacial score (nSPS) is 17.4. The molecule has 39 heavy (non-hydrogen) atoms. The monoisotopic (exact) mass is 524 g/mol. The second-order valence-electron chi connectivity index (χ2n) is 11.0. The maximum absolute atomic E-state index is 13.7. The van der Waals surface area contributed by atoms with Crippen molar-refractivity contribution in [1.29, 1.82) is 0 Å². The Morgan fingerprint density at radius 1 is 1.03 bits per heavy atom. The molecular weight excluding hydrogens is 488 g/mol. The van der Waals surface area contributed by atoms with Crippen molar-refractivity contribution in [3.63, 3.8) is 0 Å². The van der Waals surface area contributed by atoms with E-state index in [-0.39, 0.29) is 11.3 Å². The Kier molecular flexibility index (Phi) is 7.79. The van der Waals surface area contributed by atoms with Crippen LogP contribution in [0.2, 0.25) is 0 Å². The Morgan fingerprint density at radius 2 is 1.72 bits per heavy atom. The van der Waals surface area contributed by atoms with Gasteiger partial charge in [0.2, 0.25) is 0 Å². The topological polar surface area (TPSA) is 90.0 Å². The first-order chi connectivity index (χ1) is 18.8. The largest absolute Gasteiger partial charge is 0.489 e. The van der Waals surface area contributed by atoms with E-state index in [0.717, 1.165) is 22.4 Å². The molecule has 1 saturated heterocycles. The van der Waals surface area contributed by atoms with Gasteiger partial charge < -0.3 is 20.1 Å². The van der Waals surface area contributed by atoms with E-state index in [1.807, 2.05) is 41.3 Å². The number of aliphatic imine (C=N–C) groups is 1. The molecule has 202 valence electrons. The minimum absolute atomic E-state index is 0.0211. The van der Waals surface area contributed by atoms with Gasteiger partial charge >= 0.3 is 0 Å². The van der Waals surface area contributed by atoms with Crippen molar-refractivity contribution >= 4 is 22.9 Å². The van der Waals surface area contributed by atoms with Crippen LogP contribution in [0.1, 0.15) is 48.9 Å². The number of hydrogen-bond acceptors (Lipinski definition) is 6. The lowest BCUT2D eigenvalue weighted by Gasteiger charge is -2.42. The highest BCUT2D eigenvalue weighted by atomic mass is 16.5. The number of nitrogens with two attached hydrogens (primary N) is 1. The van der Waals surface area contributed by atoms with Crippen LogP contribution in [0.25, 0.3) is 11.3 Å². The highest BCUT2D eigenvalue weighted by molar-refractivity contribution is 6.58. The van der Waals surface area contributed by atoms with Crippen LogP contribution in [0.3, 0.4) is 0 Å². The van der Waals surface area contributed by atoms with Crippen LogP contribution in [0.5, 0.6) is 5.75 Å². The molecule has 0 unspecified atom stereocenters. The summed E-state index contributed by atoms with van der Waals surface area (Å²) < 4.78 is 11.5. The van der Waals surface area contributed by atoms with E-state index in [2.05, 4.69) is 55.0 Å². The minimum Gasteiger partial charge on any atom is -0.489 e. The lowest BCUT2D eigenvalue weighted by Crippen LogP contribution is -2.53. The third-order valence-electron chi connectivity index (χ3n) is 7.30. The molecule has 7 nitrogen and oxygen atoms in total. The molecule has 0 spiro atoms. The van der Waals surface area contributed by atoms with Gasteiger partial charge in [-0.2, -0.15) is 0 Å². The summed E-state index contributed by atoms with van der Waals surface area (Å²) in [7, 11) is 0. The van der Waals surface area contributed by atoms with Crippen LogP contribution in [0, 0.1) is 5.41 Å². The first kappa shape index (κ1) is 26.6. The lowest BCUT2D eigenvalue weighted by molar-refractivity contribution is -0.138. The molecule has 1 aromatic heterocycles. The molecule has 2 aliphatic heterocycles. The smallest absolute Gasteiger partial charge is 0.272 e. The summed E-state index contributed by atoms with van der Waals surface area (Å²) in [5.74, 6) is 1.13. The molecule has 0 saturated carbocycles. The fourth-order valence-corrected chi connectivity index (χ4v) is 4.92. The minimum atomic E-state index is -0.105. The van der Waals surface area contributed by atoms with E-state index in [0.29, 0.717) is 62.4 Å². The number of rotatable bonds is 9. The van der Waals surface area contributed by atoms with Gasteiger partial charge in [-0.3, -0.25) is 14.8 Å². The van der Waals surface area contributed by atoms with Gasteiger partial charge in [-0.15, -0.1) is 0 Å². The van der Waals surface area contributed by atoms with Crippen LogP contribution < -0.4 is 10.5 Å². The second-order valence-corrected chi connectivity index (χ2v) is 11.0. The fourth-order valence-electron chi connectivity index (χ4n) is 4.92. The third-order valence-corrected chi connectivity index (χ3v) is 7.30. The second kappa shape index (κ2) is 11.4. The van der Waals surface area contributed by atoms with E-state index in [9.17, 15) is 4.79 Å². The van der Waals surface area contributed by atoms with Crippen LogP contribution in [-0.4, -0.2) is 54.4 Å². The molecule has 7 heteroatoms. The van der Waals surface area contributed by atoms with Gasteiger partial charge in [0.25, 0.3) is 5.91 Å². The fraction of sp³-hybridized carbons (Fsp3) is 0.344. The van der Waals surface area contributed by atoms with E-state index < -0.39 is 0 Å². The summed E-state index contributed by atoms with van der Waals surface area (Å²) in [4.78, 5) is 24.4. The summed E-state index contributed by atoms with van der Waals surface area (Å²) in [6, 6.07) is 19.9. The van der Waals surface area contributed by atoms with Crippen molar-refractivity contribution in [2.24, 2.45) is 16.1 Å². The summed E-state index contributed by atoms with van der Waals surface area (Å²) in [5.41, 5.74) is 12.2. The molecule has 3 aromatic rings. The average molecular weight is 525 g/mol. The SMILES string of the molecule is CC(C)c1ccc(COc2ccc(C(C3=NCCN(CC4(C)COC4)C3=O)=C(N)c3ccncc3)cc2)cc1. The van der Waals surface area contributed by atoms with Crippen LogP contribution in [-0.2, 0) is 16.1 Å². The number of ether oxygens (including phenoxy) is 2. The zero-order valence-electron chi connectivity index (χ0n) is 22.9. The van der Waals surface area contributed by atoms with Crippen molar-refractivity contribution in [3.8, 4) is 5.75 Å². The molecule has 1 amide bonds. The number of amides is 1. The Balaban J connectivity index is 1.40. The molecule has 0 aliphatic carbocycles. The Labute approximate surface area is 230 Å². The standard InChI is InChI=1S/C32H36N4O3/c1-22(2)24-6-4-23(5-7-24)18-39-27-10-8-25(9-11-27)28(29(33)26-12-14-34-15-13-26)30-31(37)36(17-16-35-30)19-32(3)20-38-21-32/h4-15,22H,16-21,33H2,1-3H3. The van der Waals surface area contributed by atoms with Gasteiger partial charge in [-0.1, -0.05) is 57.2 Å². The summed E-state index contributed by atoms with van der Waals surface area (Å²) in [6.07, 6.45) is 3.39. The first-order valence-electron chi connectivity index (χ1n) is 13.5. The Morgan fingerprint density at radius 3 is 2.33 bits per heavy atom. The van der Waals surface area contributed by atoms with Crippen LogP contribution >= 0.6 is 0 Å². The Bertz CT molecular complexity index is 1360. The van der Waals surface area contributed by atoms with Gasteiger partial charge in [-0.25, -0.2) is 0 Å². The molecule has 5 rings (SSSR count). The molecule has 1 fully saturated rings. The maximum atomic E-state index is 13.7. The van der Waals surface area contributed by atoms with Crippen molar-refractivity contribution in [1.82, 2.24) is 9.88 Å². The summed E-state index contributed by atoms with van der Waals surface area (Å²) in [5, 5.41) is 0. The molecule has 0 bridgehead atoms. The zero-order chi connectivity index (χ0) is 27.4. The van der Waals surface area contributed by atoms with Crippen molar-refractivity contribution in [2.45, 2.75) is 33.3 Å². The maximum Gasteiger partial charge on any atom is 0.272 e. The third kappa shape index (κ3) is 6.04. The number of carbonyl (C=O) groups excluding carboxylic acids is 1. The molecule has 0 atom stereocenters. The van der Waals surface area contributed by atoms with Crippen molar-refractivity contribution < 1.29 is 14.3 Å². The molecular formula is C32H36N4O3. The predicted molar refractivity (Wildman–Crippen MR) is 154 cm³/mol. The summed E-state index contributed by atoms with van der Waals surface area (Å²) in [6.45, 7) is 10.1. The molecule has 2 aromatic carbocycles. The van der Waals surface area contributed by atoms with Gasteiger partial charge in [0.1, 0.15) is 18.1 Å². The zero-order valence-corrected chi connectivity index (χ0v) is 22.9. The number of hydrogen-bond donors (Lipinski definition) is 1. The Hall–Kier alpha value is -3.97. The number of aromatic nitrogens is 1. The van der Waals surface area contributed by atoms with Gasteiger partial charge in [0.05, 0.1) is 19.8 Å². The van der Waals surface area contributed by atoms with Crippen LogP contribution in [0.15, 0.2) is 78.0 Å². The number of nitrogens with zero attached hydrogens (tertiary/aromatic N) is 3. The molecule has 2 N–H and O–H groups in total. The van der Waals surface area contributed by atoms with Crippen LogP contribution in [0.4, 0.5) is 0 Å². The van der Waals surface area contributed by atoms with E-state index >= 15 is 0 Å². The average Bonchev–Trinajstić information content (AvgIpc) is 2.94. The van der Waals surface area contributed by atoms with Gasteiger partial charge in [0.15, 0.2) is 0 Å². The highest BCUT2D eigenvalue weighted by Crippen LogP contribution is 2.31. The van der Waals surface area contributed by atoms with E-state index in [4.69, 9.17) is 15.2 Å². The lowest BCUT2D eigenvalue weighted by atomic mass is 9.87. The molecule has 2 aliphatic rings. The van der Waals surface area contributed by atoms with Gasteiger partial charge in [0, 0.05) is 47.7 Å². The predicted octanol–water partition coefficient (Wildman–Crippen LogP) is 4.93. The van der Waals surface area contributed by atoms with E-state index in [1.165, 1.54) is 5.56 Å². The van der Waals surface area contributed by atoms with Crippen molar-refractivity contribution in [3.05, 3.63) is 95.3 Å². The molecule has 3 heterocycles. The first-order valence-corrected chi connectivity index (χ1v) is 13.5. The quantitative estimate of drug-likeness (QED) is 0.429. The number of carbonyl (C=O) groups is 1. The molecule has 0 radical (unpaired) electrons.